The lowest BCUT2D eigenvalue weighted by atomic mass is 10.1. The van der Waals surface area contributed by atoms with Gasteiger partial charge in [0, 0.05) is 22.4 Å². The maximum Gasteiger partial charge on any atom is 0.265 e. The first-order valence-electron chi connectivity index (χ1n) is 10.0. The van der Waals surface area contributed by atoms with E-state index in [0.717, 1.165) is 12.1 Å². The zero-order valence-electron chi connectivity index (χ0n) is 17.5. The zero-order valence-corrected chi connectivity index (χ0v) is 20.7. The Balaban J connectivity index is 1.58. The number of benzene rings is 3. The van der Waals surface area contributed by atoms with Crippen LogP contribution in [0.25, 0.3) is 0 Å². The van der Waals surface area contributed by atoms with Crippen LogP contribution in [0.4, 0.5) is 11.4 Å². The zero-order chi connectivity index (χ0) is 23.0. The highest BCUT2D eigenvalue weighted by Crippen LogP contribution is 2.29. The lowest BCUT2D eigenvalue weighted by molar-refractivity contribution is 0.331. The van der Waals surface area contributed by atoms with E-state index >= 15 is 0 Å². The Kier molecular flexibility index (Phi) is 8.49. The predicted molar refractivity (Wildman–Crippen MR) is 137 cm³/mol. The number of hydrogen-bond donors (Lipinski definition) is 3. The van der Waals surface area contributed by atoms with Crippen LogP contribution in [0, 0.1) is 0 Å². The summed E-state index contributed by atoms with van der Waals surface area (Å²) in [6.07, 6.45) is 0.864. The Bertz CT molecular complexity index is 1150. The summed E-state index contributed by atoms with van der Waals surface area (Å²) in [5.74, 6) is 0.299. The summed E-state index contributed by atoms with van der Waals surface area (Å²) in [6, 6.07) is 21.9. The maximum atomic E-state index is 12.9. The van der Waals surface area contributed by atoms with E-state index in [1.807, 2.05) is 18.2 Å². The molecule has 9 heteroatoms. The van der Waals surface area contributed by atoms with Gasteiger partial charge in [-0.2, -0.15) is 0 Å². The summed E-state index contributed by atoms with van der Waals surface area (Å²) in [6.45, 7) is 2.88. The van der Waals surface area contributed by atoms with Crippen molar-refractivity contribution in [2.75, 3.05) is 23.2 Å². The van der Waals surface area contributed by atoms with Crippen molar-refractivity contribution in [1.29, 1.82) is 0 Å². The molecule has 0 atom stereocenters. The summed E-state index contributed by atoms with van der Waals surface area (Å²) >= 11 is 8.65. The second-order valence-electron chi connectivity index (χ2n) is 6.82. The predicted octanol–water partition coefficient (Wildman–Crippen LogP) is 5.18. The van der Waals surface area contributed by atoms with Crippen molar-refractivity contribution in [3.05, 3.63) is 82.8 Å². The highest BCUT2D eigenvalue weighted by Gasteiger charge is 2.20. The molecule has 0 aliphatic rings. The number of ether oxygens (including phenoxy) is 1. The molecule has 3 aromatic rings. The minimum absolute atomic E-state index is 0.0692. The summed E-state index contributed by atoms with van der Waals surface area (Å²) in [5.41, 5.74) is 2.42. The third-order valence-corrected chi connectivity index (χ3v) is 6.57. The molecule has 32 heavy (non-hydrogen) atoms. The number of nitrogens with one attached hydrogen (secondary N) is 3. The van der Waals surface area contributed by atoms with Gasteiger partial charge in [0.15, 0.2) is 5.11 Å². The number of hydrogen-bond acceptors (Lipinski definition) is 4. The number of thiocarbonyl (C=S) groups is 1. The molecule has 0 fully saturated rings. The van der Waals surface area contributed by atoms with E-state index in [2.05, 4.69) is 43.4 Å². The fraction of sp³-hybridized carbons (Fsp3) is 0.174. The molecule has 0 saturated carbocycles. The van der Waals surface area contributed by atoms with Gasteiger partial charge in [0.05, 0.1) is 6.61 Å². The summed E-state index contributed by atoms with van der Waals surface area (Å²) < 4.78 is 34.5. The topological polar surface area (TPSA) is 79.5 Å². The average molecular weight is 535 g/mol. The van der Waals surface area contributed by atoms with Gasteiger partial charge in [0.25, 0.3) is 10.0 Å². The molecule has 0 aliphatic carbocycles. The van der Waals surface area contributed by atoms with Crippen molar-refractivity contribution in [3.63, 3.8) is 0 Å². The first-order valence-corrected chi connectivity index (χ1v) is 12.7. The molecule has 168 valence electrons. The van der Waals surface area contributed by atoms with E-state index < -0.39 is 10.0 Å². The summed E-state index contributed by atoms with van der Waals surface area (Å²) in [7, 11) is -3.83. The molecule has 0 unspecified atom stereocenters. The van der Waals surface area contributed by atoms with E-state index in [9.17, 15) is 8.42 Å². The molecule has 0 saturated heterocycles. The molecule has 0 aliphatic heterocycles. The van der Waals surface area contributed by atoms with Crippen LogP contribution in [0.1, 0.15) is 12.5 Å². The van der Waals surface area contributed by atoms with E-state index in [-0.39, 0.29) is 4.90 Å². The molecule has 0 spiro atoms. The highest BCUT2D eigenvalue weighted by atomic mass is 79.9. The van der Waals surface area contributed by atoms with Gasteiger partial charge in [-0.15, -0.1) is 0 Å². The molecule has 0 amide bonds. The molecule has 0 radical (unpaired) electrons. The molecule has 0 bridgehead atoms. The first-order chi connectivity index (χ1) is 15.4. The monoisotopic (exact) mass is 533 g/mol. The molecule has 6 nitrogen and oxygen atoms in total. The second kappa shape index (κ2) is 11.3. The number of rotatable bonds is 9. The van der Waals surface area contributed by atoms with Gasteiger partial charge in [-0.05, 0) is 73.6 Å². The van der Waals surface area contributed by atoms with Crippen molar-refractivity contribution in [1.82, 2.24) is 5.32 Å². The standard InChI is InChI=1S/C23H24BrN3O3S2/c1-2-30-21-13-8-18(24)16-22(21)32(28,29)27-20-11-9-19(10-12-20)26-23(31)25-15-14-17-6-4-3-5-7-17/h3-13,16,27H,2,14-15H2,1H3,(H2,25,26,31). The fourth-order valence-corrected chi connectivity index (χ4v) is 4.90. The molecule has 3 N–H and O–H groups in total. The highest BCUT2D eigenvalue weighted by molar-refractivity contribution is 9.10. The van der Waals surface area contributed by atoms with Crippen molar-refractivity contribution in [3.8, 4) is 5.75 Å². The smallest absolute Gasteiger partial charge is 0.265 e. The number of anilines is 2. The lowest BCUT2D eigenvalue weighted by Gasteiger charge is -2.14. The number of sulfonamides is 1. The van der Waals surface area contributed by atoms with E-state index in [1.165, 1.54) is 11.6 Å². The largest absolute Gasteiger partial charge is 0.492 e. The van der Waals surface area contributed by atoms with Crippen LogP contribution >= 0.6 is 28.1 Å². The van der Waals surface area contributed by atoms with Crippen LogP contribution in [-0.2, 0) is 16.4 Å². The minimum Gasteiger partial charge on any atom is -0.492 e. The van der Waals surface area contributed by atoms with Crippen molar-refractivity contribution in [2.45, 2.75) is 18.2 Å². The Labute approximate surface area is 202 Å². The molecule has 0 heterocycles. The number of halogens is 1. The normalized spacial score (nSPS) is 10.9. The molecular formula is C23H24BrN3O3S2. The molecule has 3 rings (SSSR count). The van der Waals surface area contributed by atoms with E-state index in [1.54, 1.807) is 43.3 Å². The van der Waals surface area contributed by atoms with Gasteiger partial charge in [0.2, 0.25) is 0 Å². The molecule has 0 aromatic heterocycles. The summed E-state index contributed by atoms with van der Waals surface area (Å²) in [5, 5.41) is 6.77. The SMILES string of the molecule is CCOc1ccc(Br)cc1S(=O)(=O)Nc1ccc(NC(=S)NCCc2ccccc2)cc1. The van der Waals surface area contributed by atoms with Crippen molar-refractivity contribution in [2.24, 2.45) is 0 Å². The van der Waals surface area contributed by atoms with Crippen LogP contribution in [0.2, 0.25) is 0 Å². The van der Waals surface area contributed by atoms with Crippen LogP contribution in [0.5, 0.6) is 5.75 Å². The molecular weight excluding hydrogens is 510 g/mol. The fourth-order valence-electron chi connectivity index (χ4n) is 2.94. The first kappa shape index (κ1) is 24.0. The van der Waals surface area contributed by atoms with Crippen LogP contribution < -0.4 is 20.1 Å². The van der Waals surface area contributed by atoms with Gasteiger partial charge in [-0.1, -0.05) is 46.3 Å². The minimum atomic E-state index is -3.83. The van der Waals surface area contributed by atoms with Crippen LogP contribution in [0.15, 0.2) is 82.2 Å². The summed E-state index contributed by atoms with van der Waals surface area (Å²) in [4.78, 5) is 0.0692. The van der Waals surface area contributed by atoms with Crippen molar-refractivity contribution >= 4 is 54.7 Å². The Morgan fingerprint density at radius 1 is 1.00 bits per heavy atom. The average Bonchev–Trinajstić information content (AvgIpc) is 2.77. The molecule has 3 aromatic carbocycles. The van der Waals surface area contributed by atoms with Gasteiger partial charge in [-0.25, -0.2) is 8.42 Å². The van der Waals surface area contributed by atoms with E-state index in [0.29, 0.717) is 34.2 Å². The Hall–Kier alpha value is -2.62. The van der Waals surface area contributed by atoms with Crippen molar-refractivity contribution < 1.29 is 13.2 Å². The van der Waals surface area contributed by atoms with Crippen LogP contribution in [0.3, 0.4) is 0 Å². The maximum absolute atomic E-state index is 12.9. The second-order valence-corrected chi connectivity index (χ2v) is 9.80. The Morgan fingerprint density at radius 2 is 1.69 bits per heavy atom. The van der Waals surface area contributed by atoms with Gasteiger partial charge >= 0.3 is 0 Å². The van der Waals surface area contributed by atoms with Gasteiger partial charge in [-0.3, -0.25) is 4.72 Å². The van der Waals surface area contributed by atoms with Gasteiger partial charge in [0.1, 0.15) is 10.6 Å². The third-order valence-electron chi connectivity index (χ3n) is 4.43. The van der Waals surface area contributed by atoms with E-state index in [4.69, 9.17) is 17.0 Å². The third kappa shape index (κ3) is 6.94. The quantitative estimate of drug-likeness (QED) is 0.329. The van der Waals surface area contributed by atoms with Gasteiger partial charge < -0.3 is 15.4 Å². The lowest BCUT2D eigenvalue weighted by Crippen LogP contribution is -2.30. The van der Waals surface area contributed by atoms with Crippen LogP contribution in [-0.4, -0.2) is 26.7 Å². The Morgan fingerprint density at radius 3 is 2.38 bits per heavy atom.